The van der Waals surface area contributed by atoms with Crippen molar-refractivity contribution in [2.45, 2.75) is 13.0 Å². The van der Waals surface area contributed by atoms with Crippen molar-refractivity contribution in [1.29, 1.82) is 0 Å². The summed E-state index contributed by atoms with van der Waals surface area (Å²) in [6.45, 7) is 5.71. The molecule has 2 aromatic rings. The van der Waals surface area contributed by atoms with E-state index in [1.807, 2.05) is 18.3 Å². The molecule has 0 saturated heterocycles. The summed E-state index contributed by atoms with van der Waals surface area (Å²) in [6.07, 6.45) is 4.70. The van der Waals surface area contributed by atoms with Gasteiger partial charge in [-0.2, -0.15) is 0 Å². The number of benzene rings is 1. The fraction of sp³-hybridized carbons (Fsp3) is 0.200. The van der Waals surface area contributed by atoms with Crippen molar-refractivity contribution in [3.63, 3.8) is 0 Å². The molecular weight excluding hydrogens is 288 g/mol. The van der Waals surface area contributed by atoms with Crippen molar-refractivity contribution in [3.05, 3.63) is 70.8 Å². The molecule has 2 rings (SSSR count). The van der Waals surface area contributed by atoms with Crippen LogP contribution in [-0.2, 0) is 13.0 Å². The molecule has 0 saturated carbocycles. The zero-order valence-electron chi connectivity index (χ0n) is 10.2. The third-order valence-corrected chi connectivity index (χ3v) is 3.14. The van der Waals surface area contributed by atoms with Crippen LogP contribution in [0.2, 0.25) is 0 Å². The molecular formula is C15H16BrN2. The second kappa shape index (κ2) is 6.66. The van der Waals surface area contributed by atoms with Crippen LogP contribution in [0.4, 0.5) is 0 Å². The molecule has 0 fully saturated rings. The molecule has 1 radical (unpaired) electrons. The highest BCUT2D eigenvalue weighted by atomic mass is 79.9. The third-order valence-electron chi connectivity index (χ3n) is 2.70. The zero-order valence-corrected chi connectivity index (χ0v) is 11.8. The minimum absolute atomic E-state index is 0.891. The van der Waals surface area contributed by atoms with Gasteiger partial charge >= 0.3 is 0 Å². The Morgan fingerprint density at radius 1 is 1.11 bits per heavy atom. The first-order chi connectivity index (χ1) is 8.74. The number of nitrogens with one attached hydrogen (secondary N) is 1. The largest absolute Gasteiger partial charge is 0.312 e. The highest BCUT2D eigenvalue weighted by molar-refractivity contribution is 9.10. The van der Waals surface area contributed by atoms with E-state index in [1.54, 1.807) is 6.20 Å². The molecule has 2 nitrogen and oxygen atoms in total. The summed E-state index contributed by atoms with van der Waals surface area (Å²) >= 11 is 3.43. The van der Waals surface area contributed by atoms with E-state index in [0.29, 0.717) is 0 Å². The third kappa shape index (κ3) is 4.24. The summed E-state index contributed by atoms with van der Waals surface area (Å²) in [5.74, 6) is 0. The molecule has 0 atom stereocenters. The van der Waals surface area contributed by atoms with Crippen molar-refractivity contribution in [2.75, 3.05) is 6.54 Å². The van der Waals surface area contributed by atoms with E-state index in [2.05, 4.69) is 51.4 Å². The number of rotatable bonds is 5. The van der Waals surface area contributed by atoms with Gasteiger partial charge in [0, 0.05) is 23.4 Å². The maximum atomic E-state index is 4.15. The SMILES string of the molecule is [CH2]c1ccc(CNCCc2cncc(Br)c2)cc1. The van der Waals surface area contributed by atoms with Gasteiger partial charge in [0.15, 0.2) is 0 Å². The summed E-state index contributed by atoms with van der Waals surface area (Å²) in [5, 5.41) is 3.43. The normalized spacial score (nSPS) is 10.6. The Morgan fingerprint density at radius 2 is 1.89 bits per heavy atom. The summed E-state index contributed by atoms with van der Waals surface area (Å²) in [4.78, 5) is 4.15. The number of nitrogens with zero attached hydrogens (tertiary/aromatic N) is 1. The van der Waals surface area contributed by atoms with Crippen LogP contribution in [0.3, 0.4) is 0 Å². The standard InChI is InChI=1S/C15H16BrN2/c1-12-2-4-13(5-3-12)9-17-7-6-14-8-15(16)11-18-10-14/h2-5,8,10-11,17H,1,6-7,9H2. The molecule has 0 aliphatic carbocycles. The van der Waals surface area contributed by atoms with Gasteiger partial charge in [-0.1, -0.05) is 24.3 Å². The van der Waals surface area contributed by atoms with E-state index in [-0.39, 0.29) is 0 Å². The van der Waals surface area contributed by atoms with Gasteiger partial charge in [0.25, 0.3) is 0 Å². The lowest BCUT2D eigenvalue weighted by Crippen LogP contribution is -2.16. The topological polar surface area (TPSA) is 24.9 Å². The number of hydrogen-bond acceptors (Lipinski definition) is 2. The molecule has 3 heteroatoms. The van der Waals surface area contributed by atoms with Gasteiger partial charge in [-0.3, -0.25) is 4.98 Å². The lowest BCUT2D eigenvalue weighted by molar-refractivity contribution is 0.686. The van der Waals surface area contributed by atoms with Crippen LogP contribution in [0, 0.1) is 6.92 Å². The van der Waals surface area contributed by atoms with Crippen LogP contribution < -0.4 is 5.32 Å². The lowest BCUT2D eigenvalue weighted by Gasteiger charge is -2.05. The van der Waals surface area contributed by atoms with E-state index in [4.69, 9.17) is 0 Å². The summed E-state index contributed by atoms with van der Waals surface area (Å²) < 4.78 is 1.03. The minimum Gasteiger partial charge on any atom is -0.312 e. The highest BCUT2D eigenvalue weighted by Crippen LogP contribution is 2.09. The Labute approximate surface area is 117 Å². The molecule has 0 aliphatic rings. The van der Waals surface area contributed by atoms with Crippen LogP contribution in [0.5, 0.6) is 0 Å². The predicted molar refractivity (Wildman–Crippen MR) is 78.2 cm³/mol. The van der Waals surface area contributed by atoms with Gasteiger partial charge in [0.05, 0.1) is 0 Å². The van der Waals surface area contributed by atoms with Crippen molar-refractivity contribution in [3.8, 4) is 0 Å². The monoisotopic (exact) mass is 303 g/mol. The second-order valence-corrected chi connectivity index (χ2v) is 5.17. The maximum Gasteiger partial charge on any atom is 0.0410 e. The Kier molecular flexibility index (Phi) is 4.90. The number of halogens is 1. The Hall–Kier alpha value is -1.19. The lowest BCUT2D eigenvalue weighted by atomic mass is 10.1. The maximum absolute atomic E-state index is 4.15. The summed E-state index contributed by atoms with van der Waals surface area (Å²) in [6, 6.07) is 10.4. The van der Waals surface area contributed by atoms with E-state index >= 15 is 0 Å². The summed E-state index contributed by atoms with van der Waals surface area (Å²) in [5.41, 5.74) is 3.58. The Morgan fingerprint density at radius 3 is 2.61 bits per heavy atom. The molecule has 1 aromatic heterocycles. The Balaban J connectivity index is 1.74. The molecule has 1 N–H and O–H groups in total. The molecule has 0 amide bonds. The molecule has 0 aliphatic heterocycles. The average molecular weight is 304 g/mol. The van der Waals surface area contributed by atoms with Crippen molar-refractivity contribution >= 4 is 15.9 Å². The molecule has 0 unspecified atom stereocenters. The van der Waals surface area contributed by atoms with Gasteiger partial charge in [0.2, 0.25) is 0 Å². The van der Waals surface area contributed by atoms with Gasteiger partial charge in [-0.15, -0.1) is 0 Å². The second-order valence-electron chi connectivity index (χ2n) is 4.25. The van der Waals surface area contributed by atoms with Gasteiger partial charge in [-0.05, 0) is 58.6 Å². The summed E-state index contributed by atoms with van der Waals surface area (Å²) in [7, 11) is 0. The zero-order chi connectivity index (χ0) is 12.8. The first-order valence-electron chi connectivity index (χ1n) is 5.95. The molecule has 93 valence electrons. The number of aromatic nitrogens is 1. The van der Waals surface area contributed by atoms with E-state index in [0.717, 1.165) is 29.5 Å². The minimum atomic E-state index is 0.891. The predicted octanol–water partition coefficient (Wildman–Crippen LogP) is 3.36. The fourth-order valence-corrected chi connectivity index (χ4v) is 2.13. The first kappa shape index (κ1) is 13.2. The quantitative estimate of drug-likeness (QED) is 0.857. The van der Waals surface area contributed by atoms with Crippen LogP contribution in [0.25, 0.3) is 0 Å². The van der Waals surface area contributed by atoms with Gasteiger partial charge < -0.3 is 5.32 Å². The van der Waals surface area contributed by atoms with Crippen molar-refractivity contribution in [2.24, 2.45) is 0 Å². The van der Waals surface area contributed by atoms with Crippen LogP contribution >= 0.6 is 15.9 Å². The van der Waals surface area contributed by atoms with E-state index < -0.39 is 0 Å². The number of hydrogen-bond donors (Lipinski definition) is 1. The fourth-order valence-electron chi connectivity index (χ4n) is 1.72. The van der Waals surface area contributed by atoms with Gasteiger partial charge in [0.1, 0.15) is 0 Å². The smallest absolute Gasteiger partial charge is 0.0410 e. The molecule has 0 spiro atoms. The Bertz CT molecular complexity index is 494. The molecule has 0 bridgehead atoms. The van der Waals surface area contributed by atoms with Crippen molar-refractivity contribution in [1.82, 2.24) is 10.3 Å². The van der Waals surface area contributed by atoms with Crippen LogP contribution in [-0.4, -0.2) is 11.5 Å². The van der Waals surface area contributed by atoms with Crippen molar-refractivity contribution < 1.29 is 0 Å². The van der Waals surface area contributed by atoms with Gasteiger partial charge in [-0.25, -0.2) is 0 Å². The number of pyridine rings is 1. The average Bonchev–Trinajstić information content (AvgIpc) is 2.37. The van der Waals surface area contributed by atoms with E-state index in [9.17, 15) is 0 Å². The van der Waals surface area contributed by atoms with E-state index in [1.165, 1.54) is 11.1 Å². The first-order valence-corrected chi connectivity index (χ1v) is 6.74. The van der Waals surface area contributed by atoms with Crippen LogP contribution in [0.15, 0.2) is 47.2 Å². The highest BCUT2D eigenvalue weighted by Gasteiger charge is 1.96. The van der Waals surface area contributed by atoms with Crippen LogP contribution in [0.1, 0.15) is 16.7 Å². The molecule has 18 heavy (non-hydrogen) atoms. The molecule has 1 aromatic carbocycles. The molecule has 1 heterocycles.